The molecule has 1 aromatic carbocycles. The Balaban J connectivity index is 1.43. The molecule has 1 saturated carbocycles. The van der Waals surface area contributed by atoms with Crippen LogP contribution in [0.4, 0.5) is 0 Å². The van der Waals surface area contributed by atoms with Gasteiger partial charge in [0.05, 0.1) is 27.1 Å². The van der Waals surface area contributed by atoms with Gasteiger partial charge in [0, 0.05) is 11.8 Å². The van der Waals surface area contributed by atoms with Crippen molar-refractivity contribution >= 4 is 44.2 Å². The Morgan fingerprint density at radius 2 is 2.30 bits per heavy atom. The Labute approximate surface area is 145 Å². The Morgan fingerprint density at radius 3 is 3.04 bits per heavy atom. The third-order valence-corrected chi connectivity index (χ3v) is 5.77. The summed E-state index contributed by atoms with van der Waals surface area (Å²) in [7, 11) is 0. The lowest BCUT2D eigenvalue weighted by atomic mass is 10.2. The third kappa shape index (κ3) is 2.90. The van der Waals surface area contributed by atoms with Crippen LogP contribution in [0.15, 0.2) is 34.2 Å². The highest BCUT2D eigenvalue weighted by Crippen LogP contribution is 2.47. The van der Waals surface area contributed by atoms with Crippen LogP contribution < -0.4 is 5.32 Å². The minimum Gasteiger partial charge on any atom is -0.347 e. The number of H-pyrrole nitrogens is 1. The van der Waals surface area contributed by atoms with E-state index in [0.717, 1.165) is 32.1 Å². The summed E-state index contributed by atoms with van der Waals surface area (Å²) in [5, 5.41) is 3.96. The average molecular weight is 391 g/mol. The van der Waals surface area contributed by atoms with Gasteiger partial charge in [-0.25, -0.2) is 9.97 Å². The number of thiazole rings is 1. The molecule has 0 spiro atoms. The maximum absolute atomic E-state index is 12.4. The zero-order valence-corrected chi connectivity index (χ0v) is 14.8. The highest BCUT2D eigenvalue weighted by atomic mass is 79.9. The van der Waals surface area contributed by atoms with Crippen LogP contribution in [0.2, 0.25) is 0 Å². The predicted molar refractivity (Wildman–Crippen MR) is 93.3 cm³/mol. The normalized spacial score (nSPS) is 21.3. The van der Waals surface area contributed by atoms with Gasteiger partial charge in [-0.1, -0.05) is 12.1 Å². The second-order valence-electron chi connectivity index (χ2n) is 5.82. The molecule has 2 N–H and O–H groups in total. The molecule has 0 bridgehead atoms. The molecular formula is C16H15BrN4OS. The van der Waals surface area contributed by atoms with Crippen molar-refractivity contribution in [1.82, 2.24) is 20.3 Å². The average Bonchev–Trinajstić information content (AvgIpc) is 3.03. The number of halogens is 1. The number of carbonyl (C=O) groups is 1. The lowest BCUT2D eigenvalue weighted by molar-refractivity contribution is -0.123. The molecule has 0 saturated heterocycles. The Bertz CT molecular complexity index is 841. The fraction of sp³-hybridized carbons (Fsp3) is 0.312. The quantitative estimate of drug-likeness (QED) is 0.712. The number of fused-ring (bicyclic) bond motifs is 1. The molecule has 1 aliphatic carbocycles. The molecule has 23 heavy (non-hydrogen) atoms. The fourth-order valence-corrected chi connectivity index (χ4v) is 4.03. The SMILES string of the molecule is CC(NC(=O)[C@H]1C[C@@H]1c1nc2ccccc2[nH]1)c1ncc(Br)s1. The molecule has 2 aromatic heterocycles. The van der Waals surface area contributed by atoms with E-state index in [1.807, 2.05) is 31.2 Å². The van der Waals surface area contributed by atoms with Gasteiger partial charge < -0.3 is 10.3 Å². The van der Waals surface area contributed by atoms with Crippen molar-refractivity contribution in [2.24, 2.45) is 5.92 Å². The summed E-state index contributed by atoms with van der Waals surface area (Å²) in [4.78, 5) is 24.6. The number of hydrogen-bond donors (Lipinski definition) is 2. The topological polar surface area (TPSA) is 70.7 Å². The number of aromatic amines is 1. The molecule has 1 amide bonds. The van der Waals surface area contributed by atoms with Gasteiger partial charge in [0.2, 0.25) is 5.91 Å². The van der Waals surface area contributed by atoms with Gasteiger partial charge in [0.1, 0.15) is 10.8 Å². The second kappa shape index (κ2) is 5.72. The van der Waals surface area contributed by atoms with Crippen molar-refractivity contribution in [2.45, 2.75) is 25.3 Å². The number of benzene rings is 1. The molecule has 0 radical (unpaired) electrons. The molecule has 3 aromatic rings. The van der Waals surface area contributed by atoms with Gasteiger partial charge in [-0.2, -0.15) is 0 Å². The number of rotatable bonds is 4. The number of para-hydroxylation sites is 2. The lowest BCUT2D eigenvalue weighted by Crippen LogP contribution is -2.28. The summed E-state index contributed by atoms with van der Waals surface area (Å²) in [6.45, 7) is 1.96. The van der Waals surface area contributed by atoms with Crippen molar-refractivity contribution in [2.75, 3.05) is 0 Å². The highest BCUT2D eigenvalue weighted by Gasteiger charge is 2.46. The van der Waals surface area contributed by atoms with Crippen LogP contribution in [0.3, 0.4) is 0 Å². The van der Waals surface area contributed by atoms with E-state index in [0.29, 0.717) is 0 Å². The number of carbonyl (C=O) groups excluding carboxylic acids is 1. The number of nitrogens with zero attached hydrogens (tertiary/aromatic N) is 2. The number of amides is 1. The van der Waals surface area contributed by atoms with Crippen LogP contribution in [0.5, 0.6) is 0 Å². The number of hydrogen-bond acceptors (Lipinski definition) is 4. The Hall–Kier alpha value is -1.73. The molecule has 1 fully saturated rings. The number of aromatic nitrogens is 3. The summed E-state index contributed by atoms with van der Waals surface area (Å²) >= 11 is 4.94. The van der Waals surface area contributed by atoms with Crippen LogP contribution in [-0.2, 0) is 4.79 Å². The number of nitrogens with one attached hydrogen (secondary N) is 2. The molecule has 5 nitrogen and oxygen atoms in total. The van der Waals surface area contributed by atoms with Gasteiger partial charge in [0.15, 0.2) is 0 Å². The van der Waals surface area contributed by atoms with Crippen molar-refractivity contribution in [3.8, 4) is 0 Å². The van der Waals surface area contributed by atoms with Crippen LogP contribution in [-0.4, -0.2) is 20.9 Å². The summed E-state index contributed by atoms with van der Waals surface area (Å²) < 4.78 is 0.972. The van der Waals surface area contributed by atoms with Gasteiger partial charge in [-0.15, -0.1) is 11.3 Å². The summed E-state index contributed by atoms with van der Waals surface area (Å²) in [6, 6.07) is 7.87. The highest BCUT2D eigenvalue weighted by molar-refractivity contribution is 9.11. The molecule has 1 unspecified atom stereocenters. The maximum Gasteiger partial charge on any atom is 0.224 e. The standard InChI is InChI=1S/C16H15BrN4OS/c1-8(16-18-7-13(17)23-16)19-15(22)10-6-9(10)14-20-11-4-2-3-5-12(11)21-14/h2-5,7-10H,6H2,1H3,(H,19,22)(H,20,21)/t8?,9-,10-/m0/s1. The largest absolute Gasteiger partial charge is 0.347 e. The van der Waals surface area contributed by atoms with E-state index in [1.165, 1.54) is 0 Å². The summed E-state index contributed by atoms with van der Waals surface area (Å²) in [5.41, 5.74) is 1.98. The van der Waals surface area contributed by atoms with Gasteiger partial charge in [0.25, 0.3) is 0 Å². The molecule has 4 rings (SSSR count). The van der Waals surface area contributed by atoms with Crippen LogP contribution in [0.1, 0.15) is 36.1 Å². The minimum atomic E-state index is -0.0734. The lowest BCUT2D eigenvalue weighted by Gasteiger charge is -2.10. The number of imidazole rings is 1. The first-order valence-electron chi connectivity index (χ1n) is 7.48. The molecule has 7 heteroatoms. The van der Waals surface area contributed by atoms with E-state index in [2.05, 4.69) is 36.2 Å². The fourth-order valence-electron chi connectivity index (χ4n) is 2.78. The van der Waals surface area contributed by atoms with Crippen LogP contribution in [0, 0.1) is 5.92 Å². The molecule has 0 aliphatic heterocycles. The first-order valence-corrected chi connectivity index (χ1v) is 9.09. The predicted octanol–water partition coefficient (Wildman–Crippen LogP) is 3.76. The monoisotopic (exact) mass is 390 g/mol. The van der Waals surface area contributed by atoms with Crippen molar-refractivity contribution in [3.63, 3.8) is 0 Å². The maximum atomic E-state index is 12.4. The van der Waals surface area contributed by atoms with E-state index in [4.69, 9.17) is 0 Å². The van der Waals surface area contributed by atoms with Crippen LogP contribution >= 0.6 is 27.3 Å². The summed E-state index contributed by atoms with van der Waals surface area (Å²) in [6.07, 6.45) is 2.61. The van der Waals surface area contributed by atoms with E-state index >= 15 is 0 Å². The van der Waals surface area contributed by atoms with Crippen molar-refractivity contribution in [3.05, 3.63) is 45.1 Å². The third-order valence-electron chi connectivity index (χ3n) is 4.11. The Morgan fingerprint density at radius 1 is 1.48 bits per heavy atom. The van der Waals surface area contributed by atoms with Gasteiger partial charge >= 0.3 is 0 Å². The first kappa shape index (κ1) is 14.8. The first-order chi connectivity index (χ1) is 11.1. The molecule has 3 atom stereocenters. The molecule has 2 heterocycles. The molecular weight excluding hydrogens is 376 g/mol. The van der Waals surface area contributed by atoms with Crippen molar-refractivity contribution in [1.29, 1.82) is 0 Å². The molecule has 118 valence electrons. The summed E-state index contributed by atoms with van der Waals surface area (Å²) in [5.74, 6) is 1.18. The van der Waals surface area contributed by atoms with Crippen molar-refractivity contribution < 1.29 is 4.79 Å². The Kier molecular flexibility index (Phi) is 3.69. The zero-order valence-electron chi connectivity index (χ0n) is 12.4. The van der Waals surface area contributed by atoms with E-state index < -0.39 is 0 Å². The van der Waals surface area contributed by atoms with E-state index in [9.17, 15) is 4.79 Å². The van der Waals surface area contributed by atoms with E-state index in [1.54, 1.807) is 17.5 Å². The molecule has 1 aliphatic rings. The zero-order chi connectivity index (χ0) is 16.0. The van der Waals surface area contributed by atoms with Crippen LogP contribution in [0.25, 0.3) is 11.0 Å². The van der Waals surface area contributed by atoms with Gasteiger partial charge in [-0.05, 0) is 41.4 Å². The minimum absolute atomic E-state index is 0.00131. The van der Waals surface area contributed by atoms with E-state index in [-0.39, 0.29) is 23.8 Å². The van der Waals surface area contributed by atoms with Gasteiger partial charge in [-0.3, -0.25) is 4.79 Å². The smallest absolute Gasteiger partial charge is 0.224 e. The second-order valence-corrected chi connectivity index (χ2v) is 8.26.